The molecule has 1 atom stereocenters. The van der Waals surface area contributed by atoms with E-state index in [-0.39, 0.29) is 0 Å². The van der Waals surface area contributed by atoms with Gasteiger partial charge in [-0.15, -0.1) is 0 Å². The van der Waals surface area contributed by atoms with Crippen LogP contribution in [0.2, 0.25) is 0 Å². The van der Waals surface area contributed by atoms with Crippen LogP contribution in [0.15, 0.2) is 200 Å². The summed E-state index contributed by atoms with van der Waals surface area (Å²) in [6, 6.07) is 69.6. The molecule has 0 bridgehead atoms. The van der Waals surface area contributed by atoms with Gasteiger partial charge in [0, 0.05) is 34.1 Å². The van der Waals surface area contributed by atoms with Crippen molar-refractivity contribution in [1.82, 2.24) is 15.0 Å². The van der Waals surface area contributed by atoms with E-state index >= 15 is 0 Å². The van der Waals surface area contributed by atoms with Gasteiger partial charge in [0.05, 0.1) is 16.8 Å². The highest BCUT2D eigenvalue weighted by atomic mass is 14.9. The summed E-state index contributed by atoms with van der Waals surface area (Å²) in [5.74, 6) is 0.699. The van der Waals surface area contributed by atoms with Crippen LogP contribution in [0.25, 0.3) is 67.3 Å². The topological polar surface area (TPSA) is 38.7 Å². The number of hydrogen-bond donors (Lipinski definition) is 0. The number of pyridine rings is 1. The lowest BCUT2D eigenvalue weighted by molar-refractivity contribution is 0.768. The minimum absolute atomic E-state index is 0.518. The Morgan fingerprint density at radius 1 is 0.386 bits per heavy atom. The first kappa shape index (κ1) is 34.3. The van der Waals surface area contributed by atoms with E-state index in [0.29, 0.717) is 5.82 Å². The highest BCUT2D eigenvalue weighted by Crippen LogP contribution is 2.56. The van der Waals surface area contributed by atoms with Gasteiger partial charge in [0.25, 0.3) is 0 Å². The van der Waals surface area contributed by atoms with Crippen LogP contribution in [0.3, 0.4) is 0 Å². The van der Waals surface area contributed by atoms with Gasteiger partial charge in [0.1, 0.15) is 0 Å². The van der Waals surface area contributed by atoms with E-state index in [1.54, 1.807) is 0 Å². The van der Waals surface area contributed by atoms with E-state index in [1.807, 2.05) is 18.3 Å². The molecule has 0 aliphatic heterocycles. The van der Waals surface area contributed by atoms with E-state index in [0.717, 1.165) is 39.3 Å². The maximum Gasteiger partial charge on any atom is 0.160 e. The molecule has 0 radical (unpaired) electrons. The van der Waals surface area contributed by atoms with Gasteiger partial charge in [0.2, 0.25) is 0 Å². The Balaban J connectivity index is 1.14. The summed E-state index contributed by atoms with van der Waals surface area (Å²) in [6.07, 6.45) is 1.89. The molecule has 3 heteroatoms. The van der Waals surface area contributed by atoms with Crippen LogP contribution in [-0.4, -0.2) is 15.0 Å². The zero-order valence-corrected chi connectivity index (χ0v) is 31.9. The number of nitrogens with zero attached hydrogens (tertiary/aromatic N) is 3. The van der Waals surface area contributed by atoms with Crippen LogP contribution < -0.4 is 0 Å². The molecule has 0 amide bonds. The maximum atomic E-state index is 5.27. The summed E-state index contributed by atoms with van der Waals surface area (Å²) in [4.78, 5) is 15.0. The van der Waals surface area contributed by atoms with Crippen LogP contribution in [0.4, 0.5) is 0 Å². The van der Waals surface area contributed by atoms with E-state index in [1.165, 1.54) is 55.6 Å². The molecule has 0 spiro atoms. The molecular weight excluding hydrogens is 691 g/mol. The molecular formula is C54H39N3. The van der Waals surface area contributed by atoms with E-state index in [9.17, 15) is 0 Å². The van der Waals surface area contributed by atoms with Crippen molar-refractivity contribution >= 4 is 0 Å². The Morgan fingerprint density at radius 2 is 0.912 bits per heavy atom. The SMILES string of the molecule is Cc1ccnc(C)c1-c1ccc(C2(c3ccccc3)c3ccccc3-c3cc(-c4cc(-c5ccccc5)nc(-c5ccc(-c6ccccc6)cc5)n4)ccc32)cc1. The molecule has 9 aromatic rings. The zero-order chi connectivity index (χ0) is 38.3. The Hall–Kier alpha value is -7.23. The van der Waals surface area contributed by atoms with Gasteiger partial charge in [-0.2, -0.15) is 0 Å². The van der Waals surface area contributed by atoms with Gasteiger partial charge in [-0.3, -0.25) is 4.98 Å². The van der Waals surface area contributed by atoms with E-state index in [4.69, 9.17) is 9.97 Å². The average molecular weight is 730 g/mol. The molecule has 0 saturated carbocycles. The van der Waals surface area contributed by atoms with Crippen molar-refractivity contribution in [2.24, 2.45) is 0 Å². The third kappa shape index (κ3) is 5.87. The largest absolute Gasteiger partial charge is 0.261 e. The van der Waals surface area contributed by atoms with Crippen LogP contribution in [-0.2, 0) is 5.41 Å². The standard InChI is InChI=1S/C54H39N3/c1-36-32-33-55-37(2)52(36)41-26-29-45(30-27-41)54(44-18-10-5-11-19-44)48-21-13-12-20-46(48)47-34-43(28-31-49(47)54)51-35-50(40-16-8-4-9-17-40)56-53(57-51)42-24-22-39(23-25-42)38-14-6-3-7-15-38/h3-35H,1-2H3. The molecule has 2 heterocycles. The highest BCUT2D eigenvalue weighted by Gasteiger charge is 2.46. The van der Waals surface area contributed by atoms with Crippen molar-refractivity contribution in [3.05, 3.63) is 234 Å². The summed E-state index contributed by atoms with van der Waals surface area (Å²) in [6.45, 7) is 4.25. The van der Waals surface area contributed by atoms with Gasteiger partial charge >= 0.3 is 0 Å². The van der Waals surface area contributed by atoms with Crippen LogP contribution >= 0.6 is 0 Å². The molecule has 3 nitrogen and oxygen atoms in total. The maximum absolute atomic E-state index is 5.27. The highest BCUT2D eigenvalue weighted by molar-refractivity contribution is 5.89. The van der Waals surface area contributed by atoms with Gasteiger partial charge in [-0.25, -0.2) is 9.97 Å². The van der Waals surface area contributed by atoms with Crippen molar-refractivity contribution in [2.45, 2.75) is 19.3 Å². The fourth-order valence-corrected chi connectivity index (χ4v) is 8.86. The fraction of sp³-hybridized carbons (Fsp3) is 0.0556. The van der Waals surface area contributed by atoms with Crippen LogP contribution in [0.1, 0.15) is 33.5 Å². The van der Waals surface area contributed by atoms with Gasteiger partial charge in [0.15, 0.2) is 5.82 Å². The average Bonchev–Trinajstić information content (AvgIpc) is 3.58. The fourth-order valence-electron chi connectivity index (χ4n) is 8.86. The second-order valence-corrected chi connectivity index (χ2v) is 14.9. The smallest absolute Gasteiger partial charge is 0.160 e. The lowest BCUT2D eigenvalue weighted by Gasteiger charge is -2.34. The monoisotopic (exact) mass is 729 g/mol. The van der Waals surface area contributed by atoms with E-state index < -0.39 is 5.41 Å². The number of aromatic nitrogens is 3. The summed E-state index contributed by atoms with van der Waals surface area (Å²) in [7, 11) is 0. The molecule has 10 rings (SSSR count). The molecule has 1 aliphatic carbocycles. The number of benzene rings is 7. The first-order chi connectivity index (χ1) is 28.1. The molecule has 0 fully saturated rings. The van der Waals surface area contributed by atoms with Gasteiger partial charge < -0.3 is 0 Å². The number of fused-ring (bicyclic) bond motifs is 3. The Bertz CT molecular complexity index is 2860. The van der Waals surface area contributed by atoms with E-state index in [2.05, 4.69) is 201 Å². The Morgan fingerprint density at radius 3 is 1.61 bits per heavy atom. The predicted octanol–water partition coefficient (Wildman–Crippen LogP) is 13.2. The molecule has 1 aliphatic rings. The van der Waals surface area contributed by atoms with Crippen molar-refractivity contribution in [2.75, 3.05) is 0 Å². The molecule has 270 valence electrons. The minimum Gasteiger partial charge on any atom is -0.261 e. The first-order valence-corrected chi connectivity index (χ1v) is 19.5. The molecule has 0 N–H and O–H groups in total. The first-order valence-electron chi connectivity index (χ1n) is 19.5. The second-order valence-electron chi connectivity index (χ2n) is 14.9. The molecule has 0 saturated heterocycles. The molecule has 2 aromatic heterocycles. The summed E-state index contributed by atoms with van der Waals surface area (Å²) in [5, 5.41) is 0. The molecule has 7 aromatic carbocycles. The third-order valence-corrected chi connectivity index (χ3v) is 11.5. The summed E-state index contributed by atoms with van der Waals surface area (Å²) in [5.41, 5.74) is 18.8. The van der Waals surface area contributed by atoms with Crippen molar-refractivity contribution < 1.29 is 0 Å². The van der Waals surface area contributed by atoms with Crippen LogP contribution in [0.5, 0.6) is 0 Å². The summed E-state index contributed by atoms with van der Waals surface area (Å²) >= 11 is 0. The summed E-state index contributed by atoms with van der Waals surface area (Å²) < 4.78 is 0. The van der Waals surface area contributed by atoms with Crippen molar-refractivity contribution in [1.29, 1.82) is 0 Å². The van der Waals surface area contributed by atoms with Gasteiger partial charge in [-0.05, 0) is 87.7 Å². The van der Waals surface area contributed by atoms with Crippen molar-refractivity contribution in [3.63, 3.8) is 0 Å². The Kier molecular flexibility index (Phi) is 8.49. The second kappa shape index (κ2) is 14.1. The van der Waals surface area contributed by atoms with Gasteiger partial charge in [-0.1, -0.05) is 176 Å². The third-order valence-electron chi connectivity index (χ3n) is 11.5. The quantitative estimate of drug-likeness (QED) is 0.164. The zero-order valence-electron chi connectivity index (χ0n) is 31.9. The molecule has 1 unspecified atom stereocenters. The predicted molar refractivity (Wildman–Crippen MR) is 234 cm³/mol. The normalized spacial score (nSPS) is 14.2. The lowest BCUT2D eigenvalue weighted by atomic mass is 9.67. The number of aryl methyl sites for hydroxylation is 2. The number of rotatable bonds is 7. The Labute approximate surface area is 334 Å². The molecule has 57 heavy (non-hydrogen) atoms. The lowest BCUT2D eigenvalue weighted by Crippen LogP contribution is -2.28. The van der Waals surface area contributed by atoms with Crippen LogP contribution in [0, 0.1) is 13.8 Å². The minimum atomic E-state index is -0.518. The number of hydrogen-bond acceptors (Lipinski definition) is 3. The van der Waals surface area contributed by atoms with Crippen molar-refractivity contribution in [3.8, 4) is 67.3 Å².